The number of carbonyl (C=O) groups excluding carboxylic acids is 3. The first-order valence-electron chi connectivity index (χ1n) is 17.3. The van der Waals surface area contributed by atoms with Gasteiger partial charge in [-0.3, -0.25) is 14.4 Å². The molecule has 2 aromatic rings. The van der Waals surface area contributed by atoms with Crippen molar-refractivity contribution in [3.8, 4) is 23.0 Å². The van der Waals surface area contributed by atoms with E-state index in [2.05, 4.69) is 14.2 Å². The Labute approximate surface area is 311 Å². The Bertz CT molecular complexity index is 1890. The molecule has 3 aliphatic rings. The molecule has 0 saturated heterocycles. The lowest BCUT2D eigenvalue weighted by Crippen LogP contribution is -2.47. The number of benzene rings is 2. The normalized spacial score (nSPS) is 31.9. The van der Waals surface area contributed by atoms with Crippen molar-refractivity contribution in [2.75, 3.05) is 19.5 Å². The molecule has 14 heteroatoms. The number of phenols is 3. The number of phenolic OH excluding ortho intramolecular Hbond substituents is 3. The second kappa shape index (κ2) is 16.3. The minimum atomic E-state index is -2.02. The molecule has 5 rings (SSSR count). The van der Waals surface area contributed by atoms with Crippen molar-refractivity contribution in [1.82, 2.24) is 0 Å². The van der Waals surface area contributed by atoms with Crippen LogP contribution >= 0.6 is 8.86 Å². The third-order valence-electron chi connectivity index (χ3n) is 10.4. The van der Waals surface area contributed by atoms with Crippen LogP contribution in [0.3, 0.4) is 0 Å². The maximum absolute atomic E-state index is 14.1. The Morgan fingerprint density at radius 2 is 1.60 bits per heavy atom. The highest BCUT2D eigenvalue weighted by atomic mass is 31.0. The van der Waals surface area contributed by atoms with Crippen LogP contribution in [0.5, 0.6) is 23.0 Å². The molecule has 0 aliphatic carbocycles. The topological polar surface area (TPSA) is 190 Å². The number of aliphatic hydroxyl groups excluding tert-OH is 1. The molecule has 3 aliphatic heterocycles. The Morgan fingerprint density at radius 3 is 2.19 bits per heavy atom. The van der Waals surface area contributed by atoms with Crippen LogP contribution < -0.4 is 10.1 Å². The number of nitrogens with one attached hydrogen (secondary N) is 1. The summed E-state index contributed by atoms with van der Waals surface area (Å²) in [5.41, 5.74) is 0.174. The van der Waals surface area contributed by atoms with Crippen LogP contribution in [0.2, 0.25) is 0 Å². The maximum Gasteiger partial charge on any atom is 0.312 e. The van der Waals surface area contributed by atoms with E-state index in [1.165, 1.54) is 40.2 Å². The molecule has 3 heterocycles. The molecular weight excluding hydrogens is 705 g/mol. The number of anilines is 1. The van der Waals surface area contributed by atoms with Gasteiger partial charge < -0.3 is 49.4 Å². The van der Waals surface area contributed by atoms with Crippen molar-refractivity contribution in [1.29, 1.82) is 0 Å². The smallest absolute Gasteiger partial charge is 0.312 e. The Hall–Kier alpha value is -4.42. The van der Waals surface area contributed by atoms with Gasteiger partial charge in [0.05, 0.1) is 52.2 Å². The van der Waals surface area contributed by atoms with E-state index in [-0.39, 0.29) is 44.8 Å². The zero-order chi connectivity index (χ0) is 39.7. The SMILES string of the molecule is CO[C@@H]1[C@@H](C)[C@@H](O)[C@@H](C)[C@H](OC(C)=O)[C@H](C)[C@@H](OC)/C=C/O[C@@]2(C)Oc3c(C)c(O)c4c(O)c(c(C=O)c(O)c4c3C2=O)NC(=P)/C(C)=C\C=C\[C@@H]1C. The molecule has 0 spiro atoms. The summed E-state index contributed by atoms with van der Waals surface area (Å²) in [5, 5.41) is 48.4. The van der Waals surface area contributed by atoms with Crippen LogP contribution in [0, 0.1) is 30.6 Å². The second-order valence-corrected chi connectivity index (χ2v) is 14.5. The lowest BCUT2D eigenvalue weighted by molar-refractivity contribution is -0.161. The summed E-state index contributed by atoms with van der Waals surface area (Å²) < 4.78 is 29.3. The van der Waals surface area contributed by atoms with Crippen molar-refractivity contribution >= 4 is 48.8 Å². The maximum atomic E-state index is 14.1. The summed E-state index contributed by atoms with van der Waals surface area (Å²) in [6, 6.07) is 0. The van der Waals surface area contributed by atoms with E-state index in [0.29, 0.717) is 17.3 Å². The number of rotatable bonds is 4. The van der Waals surface area contributed by atoms with E-state index in [9.17, 15) is 34.8 Å². The molecule has 288 valence electrons. The van der Waals surface area contributed by atoms with Gasteiger partial charge >= 0.3 is 11.8 Å². The van der Waals surface area contributed by atoms with Gasteiger partial charge in [0.1, 0.15) is 23.4 Å². The standard InChI is InChI=1S/C39H50NO12P/c1-17-12-11-13-18(2)38(53)40-29-24(16-41)32(45)26-27(33(29)46)31(44)22(6)36-28(26)37(47)39(8,52-36)50-15-14-25(48-9)19(3)35(51-23(7)42)21(5)30(43)20(4)34(17)49-10/h11-17,19-21,25,30,34-35,40,43-46,53H,1-10H3/b12-11+,15-14+,18-13-/t17-,19+,20-,21+,25-,30+,34-,35+,39-/m0/s1. The van der Waals surface area contributed by atoms with Gasteiger partial charge in [-0.25, -0.2) is 0 Å². The predicted octanol–water partition coefficient (Wildman–Crippen LogP) is 5.97. The zero-order valence-corrected chi connectivity index (χ0v) is 32.6. The van der Waals surface area contributed by atoms with Crippen molar-refractivity contribution in [2.24, 2.45) is 23.7 Å². The van der Waals surface area contributed by atoms with E-state index in [0.717, 1.165) is 0 Å². The van der Waals surface area contributed by atoms with Gasteiger partial charge in [-0.2, -0.15) is 0 Å². The lowest BCUT2D eigenvalue weighted by atomic mass is 9.78. The number of allylic oxidation sites excluding steroid dienone is 2. The second-order valence-electron chi connectivity index (χ2n) is 14.0. The Kier molecular flexibility index (Phi) is 12.7. The zero-order valence-electron chi connectivity index (χ0n) is 31.6. The molecule has 2 aromatic carbocycles. The molecule has 53 heavy (non-hydrogen) atoms. The summed E-state index contributed by atoms with van der Waals surface area (Å²) in [7, 11) is 6.52. The van der Waals surface area contributed by atoms with Crippen LogP contribution in [0.25, 0.3) is 10.8 Å². The van der Waals surface area contributed by atoms with Crippen molar-refractivity contribution in [3.05, 3.63) is 52.8 Å². The first kappa shape index (κ1) is 41.3. The van der Waals surface area contributed by atoms with E-state index >= 15 is 0 Å². The molecule has 5 N–H and O–H groups in total. The average Bonchev–Trinajstić information content (AvgIpc) is 3.37. The number of hydrogen-bond acceptors (Lipinski definition) is 12. The van der Waals surface area contributed by atoms with E-state index in [1.807, 2.05) is 19.9 Å². The first-order valence-corrected chi connectivity index (χ1v) is 17.8. The number of aldehydes is 1. The number of hydrogen-bond donors (Lipinski definition) is 5. The minimum absolute atomic E-state index is 0.0730. The minimum Gasteiger partial charge on any atom is -0.507 e. The number of aliphatic hydroxyl groups is 1. The van der Waals surface area contributed by atoms with E-state index in [1.54, 1.807) is 40.0 Å². The highest BCUT2D eigenvalue weighted by Crippen LogP contribution is 2.55. The van der Waals surface area contributed by atoms with Crippen LogP contribution in [0.1, 0.15) is 74.7 Å². The molecule has 0 saturated carbocycles. The van der Waals surface area contributed by atoms with Gasteiger partial charge in [0.25, 0.3) is 5.78 Å². The molecule has 0 aromatic heterocycles. The van der Waals surface area contributed by atoms with Crippen LogP contribution in [0.4, 0.5) is 5.69 Å². The average molecular weight is 756 g/mol. The lowest BCUT2D eigenvalue weighted by Gasteiger charge is -2.38. The number of carbonyl (C=O) groups is 3. The molecule has 9 atom stereocenters. The van der Waals surface area contributed by atoms with Gasteiger partial charge in [-0.15, -0.1) is 0 Å². The van der Waals surface area contributed by atoms with Gasteiger partial charge in [0.15, 0.2) is 12.0 Å². The Balaban J connectivity index is 1.94. The fourth-order valence-electron chi connectivity index (χ4n) is 7.30. The van der Waals surface area contributed by atoms with E-state index in [4.69, 9.17) is 23.7 Å². The quantitative estimate of drug-likeness (QED) is 0.0808. The highest BCUT2D eigenvalue weighted by molar-refractivity contribution is 7.22. The number of aromatic hydroxyl groups is 3. The molecule has 0 fully saturated rings. The van der Waals surface area contributed by atoms with Crippen LogP contribution in [0.15, 0.2) is 36.1 Å². The molecule has 5 bridgehead atoms. The fourth-order valence-corrected chi connectivity index (χ4v) is 7.51. The number of ketones is 1. The van der Waals surface area contributed by atoms with Crippen molar-refractivity contribution < 1.29 is 58.5 Å². The summed E-state index contributed by atoms with van der Waals surface area (Å²) in [6.07, 6.45) is 5.46. The van der Waals surface area contributed by atoms with E-state index < -0.39 is 77.0 Å². The number of esters is 1. The van der Waals surface area contributed by atoms with Gasteiger partial charge in [-0.1, -0.05) is 54.8 Å². The number of fused-ring (bicyclic) bond motifs is 14. The molecule has 0 radical (unpaired) electrons. The van der Waals surface area contributed by atoms with Gasteiger partial charge in [0, 0.05) is 62.7 Å². The van der Waals surface area contributed by atoms with Crippen molar-refractivity contribution in [3.63, 3.8) is 0 Å². The third kappa shape index (κ3) is 7.66. The summed E-state index contributed by atoms with van der Waals surface area (Å²) in [6.45, 7) is 13.2. The van der Waals surface area contributed by atoms with Crippen LogP contribution in [-0.2, 0) is 23.7 Å². The number of Topliss-reactive ketones (excluding diaryl/α,β-unsaturated/α-hetero) is 1. The van der Waals surface area contributed by atoms with Crippen LogP contribution in [-0.4, -0.2) is 88.3 Å². The summed E-state index contributed by atoms with van der Waals surface area (Å²) >= 11 is 0. The van der Waals surface area contributed by atoms with Gasteiger partial charge in [-0.05, 0) is 25.5 Å². The monoisotopic (exact) mass is 755 g/mol. The molecule has 13 nitrogen and oxygen atoms in total. The molecular formula is C39H50NO12P. The predicted molar refractivity (Wildman–Crippen MR) is 202 cm³/mol. The number of methoxy groups -OCH3 is 2. The molecule has 0 amide bonds. The number of ether oxygens (including phenoxy) is 5. The first-order chi connectivity index (χ1) is 24.9. The molecule has 0 unspecified atom stereocenters. The third-order valence-corrected chi connectivity index (χ3v) is 10.9. The Morgan fingerprint density at radius 1 is 0.962 bits per heavy atom. The van der Waals surface area contributed by atoms with Gasteiger partial charge in [0.2, 0.25) is 0 Å². The highest BCUT2D eigenvalue weighted by Gasteiger charge is 2.50. The summed E-state index contributed by atoms with van der Waals surface area (Å²) in [5.74, 6) is -6.95. The summed E-state index contributed by atoms with van der Waals surface area (Å²) in [4.78, 5) is 38.9. The fraction of sp³-hybridized carbons (Fsp3) is 0.487. The van der Waals surface area contributed by atoms with Crippen molar-refractivity contribution in [2.45, 2.75) is 85.6 Å². The largest absolute Gasteiger partial charge is 0.507 e.